The quantitative estimate of drug-likeness (QED) is 0.699. The summed E-state index contributed by atoms with van der Waals surface area (Å²) in [6.07, 6.45) is -0.822. The highest BCUT2D eigenvalue weighted by atomic mass is 16.7. The molecule has 0 aromatic carbocycles. The number of hydroxylamine groups is 1. The van der Waals surface area contributed by atoms with Crippen molar-refractivity contribution in [2.45, 2.75) is 45.8 Å². The first-order valence-corrected chi connectivity index (χ1v) is 4.45. The molecule has 88 valence electrons. The third-order valence-electron chi connectivity index (χ3n) is 1.30. The average molecular weight is 219 g/mol. The van der Waals surface area contributed by atoms with Gasteiger partial charge in [0.25, 0.3) is 0 Å². The van der Waals surface area contributed by atoms with Crippen LogP contribution in [0.4, 0.5) is 4.79 Å². The van der Waals surface area contributed by atoms with Crippen molar-refractivity contribution in [3.63, 3.8) is 0 Å². The number of carboxylic acids is 1. The minimum absolute atomic E-state index is 0.652. The molecule has 0 spiro atoms. The lowest BCUT2D eigenvalue weighted by molar-refractivity contribution is -0.169. The first-order chi connectivity index (χ1) is 6.54. The van der Waals surface area contributed by atoms with Gasteiger partial charge in [-0.25, -0.2) is 9.59 Å². The number of rotatable bonds is 3. The zero-order valence-corrected chi connectivity index (χ0v) is 9.58. The zero-order chi connectivity index (χ0) is 12.3. The predicted molar refractivity (Wildman–Crippen MR) is 52.2 cm³/mol. The molecule has 0 bridgehead atoms. The molecule has 0 saturated carbocycles. The van der Waals surface area contributed by atoms with E-state index in [9.17, 15) is 9.59 Å². The van der Waals surface area contributed by atoms with Gasteiger partial charge in [-0.3, -0.25) is 4.84 Å². The Balaban J connectivity index is 4.07. The fourth-order valence-electron chi connectivity index (χ4n) is 0.512. The maximum Gasteiger partial charge on any atom is 0.431 e. The van der Waals surface area contributed by atoms with Gasteiger partial charge in [-0.15, -0.1) is 0 Å². The summed E-state index contributed by atoms with van der Waals surface area (Å²) in [6.45, 7) is 7.69. The molecule has 6 nitrogen and oxygen atoms in total. The van der Waals surface area contributed by atoms with Crippen LogP contribution in [0.5, 0.6) is 0 Å². The number of aliphatic carboxylic acids is 1. The van der Waals surface area contributed by atoms with Gasteiger partial charge in [-0.05, 0) is 34.6 Å². The van der Waals surface area contributed by atoms with E-state index in [1.165, 1.54) is 13.8 Å². The van der Waals surface area contributed by atoms with E-state index in [0.29, 0.717) is 0 Å². The van der Waals surface area contributed by atoms with E-state index in [2.05, 4.69) is 4.84 Å². The molecule has 0 heterocycles. The van der Waals surface area contributed by atoms with Crippen LogP contribution in [0.25, 0.3) is 0 Å². The largest absolute Gasteiger partial charge is 0.479 e. The molecule has 0 aliphatic carbocycles. The van der Waals surface area contributed by atoms with Crippen molar-refractivity contribution in [2.75, 3.05) is 0 Å². The Hall–Kier alpha value is -1.30. The molecule has 0 fully saturated rings. The molecular weight excluding hydrogens is 202 g/mol. The van der Waals surface area contributed by atoms with Gasteiger partial charge in [0.1, 0.15) is 5.60 Å². The third kappa shape index (κ3) is 5.90. The van der Waals surface area contributed by atoms with Crippen molar-refractivity contribution in [1.29, 1.82) is 0 Å². The molecule has 0 aromatic rings. The average Bonchev–Trinajstić information content (AvgIpc) is 1.97. The van der Waals surface area contributed by atoms with Crippen molar-refractivity contribution >= 4 is 12.1 Å². The van der Waals surface area contributed by atoms with Crippen LogP contribution in [-0.2, 0) is 14.4 Å². The summed E-state index contributed by atoms with van der Waals surface area (Å²) in [6, 6.07) is 0. The SMILES string of the molecule is CC(C)(C)OC(=O)NOC(C)(C)C(=O)O. The number of amides is 1. The van der Waals surface area contributed by atoms with E-state index in [1.807, 2.05) is 5.48 Å². The second-order valence-electron chi connectivity index (χ2n) is 4.52. The number of carbonyl (C=O) groups excluding carboxylic acids is 1. The van der Waals surface area contributed by atoms with E-state index in [-0.39, 0.29) is 0 Å². The highest BCUT2D eigenvalue weighted by Gasteiger charge is 2.30. The molecule has 0 aliphatic heterocycles. The van der Waals surface area contributed by atoms with Crippen LogP contribution in [0.15, 0.2) is 0 Å². The monoisotopic (exact) mass is 219 g/mol. The van der Waals surface area contributed by atoms with Gasteiger partial charge in [-0.1, -0.05) is 0 Å². The van der Waals surface area contributed by atoms with E-state index in [1.54, 1.807) is 20.8 Å². The molecule has 6 heteroatoms. The maximum atomic E-state index is 11.1. The van der Waals surface area contributed by atoms with Gasteiger partial charge >= 0.3 is 12.1 Å². The van der Waals surface area contributed by atoms with E-state index >= 15 is 0 Å². The fraction of sp³-hybridized carbons (Fsp3) is 0.778. The van der Waals surface area contributed by atoms with Crippen molar-refractivity contribution < 1.29 is 24.3 Å². The van der Waals surface area contributed by atoms with E-state index in [0.717, 1.165) is 0 Å². The molecule has 0 aromatic heterocycles. The summed E-state index contributed by atoms with van der Waals surface area (Å²) < 4.78 is 4.84. The third-order valence-corrected chi connectivity index (χ3v) is 1.30. The Kier molecular flexibility index (Phi) is 4.09. The lowest BCUT2D eigenvalue weighted by atomic mass is 10.1. The second-order valence-corrected chi connectivity index (χ2v) is 4.52. The maximum absolute atomic E-state index is 11.1. The molecule has 15 heavy (non-hydrogen) atoms. The Morgan fingerprint density at radius 1 is 1.13 bits per heavy atom. The second kappa shape index (κ2) is 4.48. The smallest absolute Gasteiger partial charge is 0.431 e. The van der Waals surface area contributed by atoms with Crippen molar-refractivity contribution in [3.05, 3.63) is 0 Å². The number of hydrogen-bond acceptors (Lipinski definition) is 4. The van der Waals surface area contributed by atoms with Crippen molar-refractivity contribution in [2.24, 2.45) is 0 Å². The molecule has 0 aliphatic rings. The van der Waals surface area contributed by atoms with E-state index in [4.69, 9.17) is 9.84 Å². The fourth-order valence-corrected chi connectivity index (χ4v) is 0.512. The molecule has 1 amide bonds. The minimum atomic E-state index is -1.49. The molecule has 2 N–H and O–H groups in total. The summed E-state index contributed by atoms with van der Waals surface area (Å²) >= 11 is 0. The van der Waals surface area contributed by atoms with Crippen LogP contribution >= 0.6 is 0 Å². The number of carbonyl (C=O) groups is 2. The van der Waals surface area contributed by atoms with Gasteiger partial charge in [0, 0.05) is 0 Å². The van der Waals surface area contributed by atoms with Crippen molar-refractivity contribution in [3.8, 4) is 0 Å². The molecular formula is C9H17NO5. The van der Waals surface area contributed by atoms with Crippen LogP contribution in [0.1, 0.15) is 34.6 Å². The summed E-state index contributed by atoms with van der Waals surface area (Å²) in [5.41, 5.74) is -0.222. The minimum Gasteiger partial charge on any atom is -0.479 e. The van der Waals surface area contributed by atoms with Crippen LogP contribution in [0, 0.1) is 0 Å². The Labute approximate surface area is 88.5 Å². The molecule has 0 saturated heterocycles. The van der Waals surface area contributed by atoms with Crippen molar-refractivity contribution in [1.82, 2.24) is 5.48 Å². The number of nitrogens with one attached hydrogen (secondary N) is 1. The molecule has 0 rings (SSSR count). The Morgan fingerprint density at radius 3 is 1.93 bits per heavy atom. The lowest BCUT2D eigenvalue weighted by Gasteiger charge is -2.23. The van der Waals surface area contributed by atoms with Gasteiger partial charge in [0.15, 0.2) is 5.60 Å². The summed E-state index contributed by atoms with van der Waals surface area (Å²) in [7, 11) is 0. The summed E-state index contributed by atoms with van der Waals surface area (Å²) in [5.74, 6) is -1.18. The summed E-state index contributed by atoms with van der Waals surface area (Å²) in [4.78, 5) is 26.4. The Bertz CT molecular complexity index is 254. The number of hydrogen-bond donors (Lipinski definition) is 2. The molecule has 0 unspecified atom stereocenters. The van der Waals surface area contributed by atoms with E-state index < -0.39 is 23.3 Å². The summed E-state index contributed by atoms with van der Waals surface area (Å²) in [5, 5.41) is 8.67. The van der Waals surface area contributed by atoms with Gasteiger partial charge in [0.05, 0.1) is 0 Å². The first-order valence-electron chi connectivity index (χ1n) is 4.45. The molecule has 0 radical (unpaired) electrons. The van der Waals surface area contributed by atoms with Crippen LogP contribution in [0.2, 0.25) is 0 Å². The normalized spacial score (nSPS) is 12.1. The van der Waals surface area contributed by atoms with Crippen LogP contribution in [-0.4, -0.2) is 28.4 Å². The number of ether oxygens (including phenoxy) is 1. The van der Waals surface area contributed by atoms with Gasteiger partial charge in [0.2, 0.25) is 0 Å². The zero-order valence-electron chi connectivity index (χ0n) is 9.58. The molecule has 0 atom stereocenters. The lowest BCUT2D eigenvalue weighted by Crippen LogP contribution is -2.43. The van der Waals surface area contributed by atoms with Crippen LogP contribution < -0.4 is 5.48 Å². The Morgan fingerprint density at radius 2 is 1.60 bits per heavy atom. The topological polar surface area (TPSA) is 84.9 Å². The predicted octanol–water partition coefficient (Wildman–Crippen LogP) is 1.31. The first kappa shape index (κ1) is 13.7. The highest BCUT2D eigenvalue weighted by molar-refractivity contribution is 5.76. The van der Waals surface area contributed by atoms with Gasteiger partial charge < -0.3 is 9.84 Å². The highest BCUT2D eigenvalue weighted by Crippen LogP contribution is 2.09. The van der Waals surface area contributed by atoms with Crippen LogP contribution in [0.3, 0.4) is 0 Å². The standard InChI is InChI=1S/C9H17NO5/c1-8(2,3)14-7(13)10-15-9(4,5)6(11)12/h1-5H3,(H,10,13)(H,11,12). The number of carboxylic acid groups (broad SMARTS) is 1. The van der Waals surface area contributed by atoms with Gasteiger partial charge in [-0.2, -0.15) is 5.48 Å².